The normalized spacial score (nSPS) is 22.4. The van der Waals surface area contributed by atoms with Crippen LogP contribution in [0.4, 0.5) is 5.82 Å². The van der Waals surface area contributed by atoms with Crippen LogP contribution < -0.4 is 5.32 Å². The molecular weight excluding hydrogens is 254 g/mol. The number of nitrogens with zero attached hydrogens (tertiary/aromatic N) is 2. The molecule has 0 aromatic carbocycles. The lowest BCUT2D eigenvalue weighted by atomic mass is 9.83. The Bertz CT molecular complexity index is 468. The third-order valence-corrected chi connectivity index (χ3v) is 3.93. The Labute approximate surface area is 120 Å². The molecule has 0 spiro atoms. The molecule has 0 saturated heterocycles. The summed E-state index contributed by atoms with van der Waals surface area (Å²) in [6, 6.07) is 1.86. The van der Waals surface area contributed by atoms with Crippen LogP contribution in [0.2, 0.25) is 0 Å². The van der Waals surface area contributed by atoms with Gasteiger partial charge in [0.25, 0.3) is 0 Å². The lowest BCUT2D eigenvalue weighted by Crippen LogP contribution is -2.21. The summed E-state index contributed by atoms with van der Waals surface area (Å²) in [5.74, 6) is 1.88. The molecule has 2 rings (SSSR count). The lowest BCUT2D eigenvalue weighted by Gasteiger charge is -2.26. The standard InChI is InChI=1S/C15H23N3O2/c1-10-4-6-12(7-5-10)9-16-13-8-11(2)17-14(18-13)15(19)20-3/h8,10,12H,4-7,9H2,1-3H3,(H,16,17,18). The van der Waals surface area contributed by atoms with E-state index in [0.717, 1.165) is 18.2 Å². The minimum Gasteiger partial charge on any atom is -0.463 e. The largest absolute Gasteiger partial charge is 0.463 e. The van der Waals surface area contributed by atoms with Crippen LogP contribution in [-0.4, -0.2) is 29.6 Å². The molecule has 0 unspecified atom stereocenters. The Morgan fingerprint density at radius 1 is 1.35 bits per heavy atom. The van der Waals surface area contributed by atoms with Crippen molar-refractivity contribution in [3.05, 3.63) is 17.6 Å². The number of hydrogen-bond acceptors (Lipinski definition) is 5. The zero-order valence-corrected chi connectivity index (χ0v) is 12.5. The van der Waals surface area contributed by atoms with Crippen molar-refractivity contribution in [2.75, 3.05) is 19.0 Å². The van der Waals surface area contributed by atoms with Crippen LogP contribution in [0.5, 0.6) is 0 Å². The molecular formula is C15H23N3O2. The summed E-state index contributed by atoms with van der Waals surface area (Å²) in [5.41, 5.74) is 0.764. The maximum absolute atomic E-state index is 11.5. The molecule has 5 heteroatoms. The monoisotopic (exact) mass is 277 g/mol. The molecule has 1 aromatic rings. The topological polar surface area (TPSA) is 64.1 Å². The van der Waals surface area contributed by atoms with Crippen LogP contribution in [0.25, 0.3) is 0 Å². The first-order valence-corrected chi connectivity index (χ1v) is 7.26. The van der Waals surface area contributed by atoms with E-state index in [9.17, 15) is 4.79 Å². The van der Waals surface area contributed by atoms with Crippen molar-refractivity contribution in [3.63, 3.8) is 0 Å². The van der Waals surface area contributed by atoms with Gasteiger partial charge >= 0.3 is 5.97 Å². The average molecular weight is 277 g/mol. The number of carbonyl (C=O) groups is 1. The second-order valence-corrected chi connectivity index (χ2v) is 5.72. The molecule has 1 saturated carbocycles. The molecule has 0 amide bonds. The van der Waals surface area contributed by atoms with E-state index in [-0.39, 0.29) is 5.82 Å². The molecule has 0 bridgehead atoms. The van der Waals surface area contributed by atoms with Gasteiger partial charge in [0.2, 0.25) is 5.82 Å². The number of nitrogens with one attached hydrogen (secondary N) is 1. The molecule has 0 radical (unpaired) electrons. The van der Waals surface area contributed by atoms with Crippen molar-refractivity contribution >= 4 is 11.8 Å². The summed E-state index contributed by atoms with van der Waals surface area (Å²) in [5, 5.41) is 3.33. The SMILES string of the molecule is COC(=O)c1nc(C)cc(NCC2CCC(C)CC2)n1. The average Bonchev–Trinajstić information content (AvgIpc) is 2.45. The van der Waals surface area contributed by atoms with E-state index in [1.807, 2.05) is 13.0 Å². The highest BCUT2D eigenvalue weighted by Gasteiger charge is 2.18. The van der Waals surface area contributed by atoms with Gasteiger partial charge in [-0.2, -0.15) is 0 Å². The van der Waals surface area contributed by atoms with Crippen molar-refractivity contribution in [1.29, 1.82) is 0 Å². The van der Waals surface area contributed by atoms with E-state index in [1.54, 1.807) is 0 Å². The molecule has 1 aromatic heterocycles. The van der Waals surface area contributed by atoms with Crippen LogP contribution in [0.15, 0.2) is 6.07 Å². The summed E-state index contributed by atoms with van der Waals surface area (Å²) in [7, 11) is 1.34. The van der Waals surface area contributed by atoms with Gasteiger partial charge in [0.1, 0.15) is 5.82 Å². The Morgan fingerprint density at radius 3 is 2.70 bits per heavy atom. The maximum atomic E-state index is 11.5. The van der Waals surface area contributed by atoms with Crippen LogP contribution in [0.1, 0.15) is 48.9 Å². The zero-order chi connectivity index (χ0) is 14.5. The van der Waals surface area contributed by atoms with E-state index in [1.165, 1.54) is 32.8 Å². The number of aryl methyl sites for hydroxylation is 1. The first-order chi connectivity index (χ1) is 9.58. The maximum Gasteiger partial charge on any atom is 0.376 e. The quantitative estimate of drug-likeness (QED) is 0.857. The molecule has 1 heterocycles. The fourth-order valence-corrected chi connectivity index (χ4v) is 2.62. The van der Waals surface area contributed by atoms with Gasteiger partial charge < -0.3 is 10.1 Å². The molecule has 110 valence electrons. The number of carbonyl (C=O) groups excluding carboxylic acids is 1. The molecule has 1 aliphatic rings. The number of aromatic nitrogens is 2. The van der Waals surface area contributed by atoms with Crippen molar-refractivity contribution < 1.29 is 9.53 Å². The van der Waals surface area contributed by atoms with Gasteiger partial charge in [-0.25, -0.2) is 14.8 Å². The second-order valence-electron chi connectivity index (χ2n) is 5.72. The summed E-state index contributed by atoms with van der Waals surface area (Å²) >= 11 is 0. The van der Waals surface area contributed by atoms with E-state index >= 15 is 0 Å². The molecule has 20 heavy (non-hydrogen) atoms. The number of rotatable bonds is 4. The Hall–Kier alpha value is -1.65. The molecule has 5 nitrogen and oxygen atoms in total. The number of ether oxygens (including phenoxy) is 1. The van der Waals surface area contributed by atoms with Gasteiger partial charge in [-0.05, 0) is 31.6 Å². The fourth-order valence-electron chi connectivity index (χ4n) is 2.62. The predicted molar refractivity (Wildman–Crippen MR) is 77.7 cm³/mol. The minimum atomic E-state index is -0.497. The van der Waals surface area contributed by atoms with Crippen LogP contribution in [0, 0.1) is 18.8 Å². The first-order valence-electron chi connectivity index (χ1n) is 7.26. The highest BCUT2D eigenvalue weighted by Crippen LogP contribution is 2.28. The second kappa shape index (κ2) is 6.68. The smallest absolute Gasteiger partial charge is 0.376 e. The van der Waals surface area contributed by atoms with E-state index in [4.69, 9.17) is 0 Å². The highest BCUT2D eigenvalue weighted by atomic mass is 16.5. The van der Waals surface area contributed by atoms with Gasteiger partial charge in [0, 0.05) is 18.3 Å². The van der Waals surface area contributed by atoms with E-state index in [0.29, 0.717) is 11.7 Å². The summed E-state index contributed by atoms with van der Waals surface area (Å²) in [6.45, 7) is 5.07. The van der Waals surface area contributed by atoms with Crippen molar-refractivity contribution in [1.82, 2.24) is 9.97 Å². The van der Waals surface area contributed by atoms with Gasteiger partial charge in [0.05, 0.1) is 7.11 Å². The number of anilines is 1. The van der Waals surface area contributed by atoms with E-state index in [2.05, 4.69) is 26.9 Å². The van der Waals surface area contributed by atoms with Gasteiger partial charge in [0.15, 0.2) is 0 Å². The fraction of sp³-hybridized carbons (Fsp3) is 0.667. The molecule has 0 aliphatic heterocycles. The molecule has 1 aliphatic carbocycles. The Kier molecular flexibility index (Phi) is 4.93. The third-order valence-electron chi connectivity index (χ3n) is 3.93. The van der Waals surface area contributed by atoms with Crippen molar-refractivity contribution in [2.45, 2.75) is 39.5 Å². The summed E-state index contributed by atoms with van der Waals surface area (Å²) in [6.07, 6.45) is 5.15. The molecule has 1 N–H and O–H groups in total. The third kappa shape index (κ3) is 3.92. The lowest BCUT2D eigenvalue weighted by molar-refractivity contribution is 0.0586. The predicted octanol–water partition coefficient (Wildman–Crippen LogP) is 2.81. The highest BCUT2D eigenvalue weighted by molar-refractivity contribution is 5.85. The van der Waals surface area contributed by atoms with Crippen LogP contribution in [0.3, 0.4) is 0 Å². The minimum absolute atomic E-state index is 0.118. The zero-order valence-electron chi connectivity index (χ0n) is 12.5. The molecule has 0 atom stereocenters. The summed E-state index contributed by atoms with van der Waals surface area (Å²) in [4.78, 5) is 19.8. The number of hydrogen-bond donors (Lipinski definition) is 1. The first kappa shape index (κ1) is 14.8. The Morgan fingerprint density at radius 2 is 2.05 bits per heavy atom. The van der Waals surface area contributed by atoms with Gasteiger partial charge in [-0.15, -0.1) is 0 Å². The van der Waals surface area contributed by atoms with Crippen molar-refractivity contribution in [2.24, 2.45) is 11.8 Å². The van der Waals surface area contributed by atoms with Crippen LogP contribution >= 0.6 is 0 Å². The Balaban J connectivity index is 1.95. The summed E-state index contributed by atoms with van der Waals surface area (Å²) < 4.78 is 4.66. The van der Waals surface area contributed by atoms with E-state index < -0.39 is 5.97 Å². The number of esters is 1. The van der Waals surface area contributed by atoms with Gasteiger partial charge in [-0.1, -0.05) is 19.8 Å². The van der Waals surface area contributed by atoms with Gasteiger partial charge in [-0.3, -0.25) is 0 Å². The van der Waals surface area contributed by atoms with Crippen molar-refractivity contribution in [3.8, 4) is 0 Å². The molecule has 1 fully saturated rings. The number of methoxy groups -OCH3 is 1. The van der Waals surface area contributed by atoms with Crippen LogP contribution in [-0.2, 0) is 4.74 Å².